The van der Waals surface area contributed by atoms with E-state index in [1.165, 1.54) is 4.90 Å². The van der Waals surface area contributed by atoms with Crippen LogP contribution >= 0.6 is 0 Å². The van der Waals surface area contributed by atoms with Gasteiger partial charge in [-0.3, -0.25) is 19.4 Å². The number of allylic oxidation sites excluding steroid dienone is 2. The Bertz CT molecular complexity index is 1060. The van der Waals surface area contributed by atoms with Gasteiger partial charge < -0.3 is 10.1 Å². The van der Waals surface area contributed by atoms with Gasteiger partial charge in [-0.2, -0.15) is 0 Å². The average Bonchev–Trinajstić information content (AvgIpc) is 3.14. The maximum atomic E-state index is 14.0. The van der Waals surface area contributed by atoms with Gasteiger partial charge in [-0.05, 0) is 104 Å². The molecule has 39 heavy (non-hydrogen) atoms. The molecule has 3 aliphatic carbocycles. The monoisotopic (exact) mass is 543 g/mol. The number of carbonyl (C=O) groups excluding carboxylic acids is 4. The largest absolute Gasteiger partial charge is 0.443 e. The first kappa shape index (κ1) is 29.6. The van der Waals surface area contributed by atoms with E-state index in [0.29, 0.717) is 18.9 Å². The molecule has 2 saturated carbocycles. The van der Waals surface area contributed by atoms with Crippen LogP contribution in [0.5, 0.6) is 0 Å². The van der Waals surface area contributed by atoms with E-state index in [-0.39, 0.29) is 58.4 Å². The molecule has 0 aromatic heterocycles. The molecule has 0 spiro atoms. The Morgan fingerprint density at radius 2 is 1.72 bits per heavy atom. The number of urea groups is 1. The maximum Gasteiger partial charge on any atom is 0.414 e. The van der Waals surface area contributed by atoms with Crippen LogP contribution in [0, 0.1) is 34.5 Å². The topological polar surface area (TPSA) is 96.0 Å². The number of nitrogens with zero attached hydrogens (tertiary/aromatic N) is 2. The lowest BCUT2D eigenvalue weighted by molar-refractivity contribution is -0.142. The Morgan fingerprint density at radius 1 is 1.05 bits per heavy atom. The summed E-state index contributed by atoms with van der Waals surface area (Å²) in [5, 5.41) is 2.91. The van der Waals surface area contributed by atoms with Crippen LogP contribution in [0.3, 0.4) is 0 Å². The van der Waals surface area contributed by atoms with Gasteiger partial charge >= 0.3 is 12.1 Å². The van der Waals surface area contributed by atoms with E-state index in [0.717, 1.165) is 37.8 Å². The summed E-state index contributed by atoms with van der Waals surface area (Å²) in [5.41, 5.74) is -0.393. The molecule has 0 unspecified atom stereocenters. The molecule has 8 nitrogen and oxygen atoms in total. The van der Waals surface area contributed by atoms with Crippen molar-refractivity contribution in [2.45, 2.75) is 119 Å². The van der Waals surface area contributed by atoms with Crippen LogP contribution < -0.4 is 5.32 Å². The van der Waals surface area contributed by atoms with Crippen molar-refractivity contribution in [3.63, 3.8) is 0 Å². The molecule has 1 N–H and O–H groups in total. The van der Waals surface area contributed by atoms with Crippen molar-refractivity contribution < 1.29 is 23.9 Å². The van der Waals surface area contributed by atoms with Crippen molar-refractivity contribution in [3.8, 4) is 0 Å². The molecule has 4 aliphatic rings. The van der Waals surface area contributed by atoms with Gasteiger partial charge in [-0.25, -0.2) is 9.59 Å². The van der Waals surface area contributed by atoms with E-state index in [1.807, 2.05) is 48.5 Å². The van der Waals surface area contributed by atoms with Crippen LogP contribution in [0.4, 0.5) is 9.59 Å². The van der Waals surface area contributed by atoms with Crippen LogP contribution in [0.25, 0.3) is 0 Å². The van der Waals surface area contributed by atoms with Crippen molar-refractivity contribution in [3.05, 3.63) is 11.8 Å². The van der Waals surface area contributed by atoms with E-state index < -0.39 is 11.7 Å². The molecular formula is C31H49N3O5. The minimum absolute atomic E-state index is 0.0552. The van der Waals surface area contributed by atoms with Crippen LogP contribution in [0.2, 0.25) is 0 Å². The van der Waals surface area contributed by atoms with Crippen molar-refractivity contribution in [2.24, 2.45) is 34.5 Å². The smallest absolute Gasteiger partial charge is 0.414 e. The number of likely N-dealkylation sites (tertiary alicyclic amines) is 1. The van der Waals surface area contributed by atoms with Crippen LogP contribution in [0.15, 0.2) is 11.8 Å². The molecule has 0 radical (unpaired) electrons. The Hall–Kier alpha value is -2.38. The maximum absolute atomic E-state index is 14.0. The fraction of sp³-hybridized carbons (Fsp3) is 0.806. The number of fused-ring (bicyclic) bond motifs is 5. The number of hydrogen-bond acceptors (Lipinski definition) is 5. The summed E-state index contributed by atoms with van der Waals surface area (Å²) in [7, 11) is 0. The number of nitrogens with one attached hydrogen (secondary N) is 1. The number of ether oxygens (including phenoxy) is 1. The molecule has 218 valence electrons. The fourth-order valence-corrected chi connectivity index (χ4v) is 8.27. The zero-order valence-electron chi connectivity index (χ0n) is 25.4. The van der Waals surface area contributed by atoms with Gasteiger partial charge in [0.05, 0.1) is 0 Å². The van der Waals surface area contributed by atoms with Crippen LogP contribution in [-0.4, -0.2) is 57.8 Å². The first-order valence-electron chi connectivity index (χ1n) is 14.9. The van der Waals surface area contributed by atoms with E-state index in [2.05, 4.69) is 19.2 Å². The molecule has 0 bridgehead atoms. The van der Waals surface area contributed by atoms with Gasteiger partial charge in [0.25, 0.3) is 0 Å². The summed E-state index contributed by atoms with van der Waals surface area (Å²) in [5.74, 6) is 0.510. The zero-order valence-corrected chi connectivity index (χ0v) is 25.4. The van der Waals surface area contributed by atoms with E-state index >= 15 is 0 Å². The zero-order chi connectivity index (χ0) is 29.1. The molecule has 1 aliphatic heterocycles. The van der Waals surface area contributed by atoms with Gasteiger partial charge in [0.1, 0.15) is 5.60 Å². The summed E-state index contributed by atoms with van der Waals surface area (Å²) < 4.78 is 5.83. The first-order valence-corrected chi connectivity index (χ1v) is 14.9. The van der Waals surface area contributed by atoms with Gasteiger partial charge in [0, 0.05) is 48.2 Å². The van der Waals surface area contributed by atoms with E-state index in [1.54, 1.807) is 11.0 Å². The van der Waals surface area contributed by atoms with Gasteiger partial charge in [-0.1, -0.05) is 13.8 Å². The lowest BCUT2D eigenvalue weighted by Gasteiger charge is -2.60. The lowest BCUT2D eigenvalue weighted by atomic mass is 9.49. The van der Waals surface area contributed by atoms with Gasteiger partial charge in [0.2, 0.25) is 5.91 Å². The molecule has 0 aromatic carbocycles. The van der Waals surface area contributed by atoms with Gasteiger partial charge in [-0.15, -0.1) is 0 Å². The molecule has 4 amide bonds. The number of piperidine rings is 1. The predicted octanol–water partition coefficient (Wildman–Crippen LogP) is 5.90. The number of hydrogen-bond donors (Lipinski definition) is 1. The summed E-state index contributed by atoms with van der Waals surface area (Å²) in [4.78, 5) is 56.3. The second-order valence-electron chi connectivity index (χ2n) is 14.5. The minimum atomic E-state index is -0.646. The average molecular weight is 544 g/mol. The third kappa shape index (κ3) is 5.24. The highest BCUT2D eigenvalue weighted by atomic mass is 16.6. The Labute approximate surface area is 234 Å². The third-order valence-electron chi connectivity index (χ3n) is 10.0. The fourth-order valence-electron chi connectivity index (χ4n) is 8.27. The Morgan fingerprint density at radius 3 is 2.31 bits per heavy atom. The number of rotatable bonds is 3. The quantitative estimate of drug-likeness (QED) is 0.478. The van der Waals surface area contributed by atoms with E-state index in [4.69, 9.17) is 4.74 Å². The summed E-state index contributed by atoms with van der Waals surface area (Å²) in [6.07, 6.45) is 5.97. The molecule has 1 saturated heterocycles. The Balaban J connectivity index is 1.67. The van der Waals surface area contributed by atoms with Crippen molar-refractivity contribution in [1.29, 1.82) is 0 Å². The molecule has 6 atom stereocenters. The normalized spacial score (nSPS) is 34.2. The lowest BCUT2D eigenvalue weighted by Crippen LogP contribution is -2.60. The second-order valence-corrected chi connectivity index (χ2v) is 14.5. The molecule has 3 fully saturated rings. The van der Waals surface area contributed by atoms with Crippen molar-refractivity contribution >= 4 is 23.8 Å². The molecule has 1 heterocycles. The summed E-state index contributed by atoms with van der Waals surface area (Å²) >= 11 is 0. The SMILES string of the molecule is CC(C)NC(=O)N(C(=O)[C@H]1CC[C@H]2[C@@H]3CN(C(=O)OC(C)(C)C)C4=CC(=O)CC[C@]4(C)[C@H]3CC[C@]12C)C(C)C. The highest BCUT2D eigenvalue weighted by Gasteiger charge is 2.63. The third-order valence-corrected chi connectivity index (χ3v) is 10.0. The number of ketones is 1. The van der Waals surface area contributed by atoms with E-state index in [9.17, 15) is 19.2 Å². The molecule has 4 rings (SSSR count). The molecule has 8 heteroatoms. The highest BCUT2D eigenvalue weighted by Crippen LogP contribution is 2.65. The van der Waals surface area contributed by atoms with Crippen LogP contribution in [-0.2, 0) is 14.3 Å². The second kappa shape index (κ2) is 10.2. The molecule has 0 aromatic rings. The number of amides is 4. The number of imide groups is 1. The first-order chi connectivity index (χ1) is 18.0. The van der Waals surface area contributed by atoms with Crippen molar-refractivity contribution in [2.75, 3.05) is 6.54 Å². The molecular weight excluding hydrogens is 494 g/mol. The van der Waals surface area contributed by atoms with Crippen molar-refractivity contribution in [1.82, 2.24) is 15.1 Å². The van der Waals surface area contributed by atoms with Gasteiger partial charge in [0.15, 0.2) is 5.78 Å². The Kier molecular flexibility index (Phi) is 7.76. The summed E-state index contributed by atoms with van der Waals surface area (Å²) in [6.45, 7) is 18.1. The highest BCUT2D eigenvalue weighted by molar-refractivity contribution is 5.96. The summed E-state index contributed by atoms with van der Waals surface area (Å²) in [6, 6.07) is -0.618. The predicted molar refractivity (Wildman–Crippen MR) is 150 cm³/mol. The standard InChI is InChI=1S/C31H49N3O5/c1-18(2)32-27(37)34(19(3)4)26(36)24-11-10-22-21-17-33(28(38)39-29(5,6)7)25-16-20(35)12-14-31(25,9)23(21)13-15-30(22,24)8/h16,18-19,21-24H,10-15,17H2,1-9H3,(H,32,37)/t21-,22-,23-,24+,30-,31+/m0/s1. The van der Waals surface area contributed by atoms with Crippen LogP contribution in [0.1, 0.15) is 101 Å². The number of carbonyl (C=O) groups is 4. The minimum Gasteiger partial charge on any atom is -0.443 e.